The zero-order chi connectivity index (χ0) is 14.4. The molecular formula is C15H20ClNO2S. The van der Waals surface area contributed by atoms with E-state index in [0.717, 1.165) is 18.4 Å². The van der Waals surface area contributed by atoms with Crippen molar-refractivity contribution in [1.29, 1.82) is 0 Å². The molecule has 0 spiro atoms. The molecule has 2 rings (SSSR count). The quantitative estimate of drug-likeness (QED) is 0.897. The number of nitrogens with one attached hydrogen (secondary N) is 1. The summed E-state index contributed by atoms with van der Waals surface area (Å²) in [6.45, 7) is 0.286. The van der Waals surface area contributed by atoms with Crippen LogP contribution < -0.4 is 4.72 Å². The van der Waals surface area contributed by atoms with E-state index in [1.165, 1.54) is 24.7 Å². The minimum atomic E-state index is -3.35. The van der Waals surface area contributed by atoms with Crippen molar-refractivity contribution in [2.45, 2.75) is 38.6 Å². The summed E-state index contributed by atoms with van der Waals surface area (Å²) in [4.78, 5) is 0. The van der Waals surface area contributed by atoms with Crippen molar-refractivity contribution in [3.8, 4) is 0 Å². The van der Waals surface area contributed by atoms with E-state index in [-0.39, 0.29) is 6.54 Å². The summed E-state index contributed by atoms with van der Waals surface area (Å²) in [5.74, 6) is 0.413. The van der Waals surface area contributed by atoms with E-state index in [0.29, 0.717) is 10.9 Å². The molecule has 1 aromatic carbocycles. The van der Waals surface area contributed by atoms with E-state index in [2.05, 4.69) is 4.72 Å². The predicted octanol–water partition coefficient (Wildman–Crippen LogP) is 3.85. The summed E-state index contributed by atoms with van der Waals surface area (Å²) >= 11 is 5.79. The van der Waals surface area contributed by atoms with Crippen LogP contribution in [0.2, 0.25) is 5.02 Å². The fourth-order valence-corrected chi connectivity index (χ4v) is 3.39. The molecule has 1 aromatic rings. The summed E-state index contributed by atoms with van der Waals surface area (Å²) in [5.41, 5.74) is 0.893. The van der Waals surface area contributed by atoms with Gasteiger partial charge in [0.05, 0.1) is 0 Å². The maximum Gasteiger partial charge on any atom is 0.233 e. The van der Waals surface area contributed by atoms with Gasteiger partial charge in [0.15, 0.2) is 0 Å². The van der Waals surface area contributed by atoms with Crippen LogP contribution in [0.25, 0.3) is 0 Å². The Balaban J connectivity index is 1.87. The lowest BCUT2D eigenvalue weighted by atomic mass is 9.90. The molecule has 5 heteroatoms. The van der Waals surface area contributed by atoms with E-state index in [4.69, 9.17) is 11.6 Å². The molecule has 1 saturated carbocycles. The first kappa shape index (κ1) is 15.5. The van der Waals surface area contributed by atoms with Gasteiger partial charge >= 0.3 is 0 Å². The molecule has 0 aliphatic heterocycles. The number of hydrogen-bond acceptors (Lipinski definition) is 2. The van der Waals surface area contributed by atoms with Gasteiger partial charge in [-0.05, 0) is 36.5 Å². The Morgan fingerprint density at radius 1 is 1.15 bits per heavy atom. The van der Waals surface area contributed by atoms with Crippen LogP contribution in [-0.2, 0) is 16.6 Å². The Kier molecular flexibility index (Phi) is 5.64. The van der Waals surface area contributed by atoms with Crippen LogP contribution in [0.4, 0.5) is 0 Å². The second-order valence-corrected chi connectivity index (χ2v) is 7.31. The molecule has 1 aliphatic carbocycles. The van der Waals surface area contributed by atoms with Gasteiger partial charge in [-0.1, -0.05) is 49.1 Å². The molecule has 1 fully saturated rings. The van der Waals surface area contributed by atoms with Crippen molar-refractivity contribution in [3.63, 3.8) is 0 Å². The largest absolute Gasteiger partial charge is 0.233 e. The number of allylic oxidation sites excluding steroid dienone is 1. The van der Waals surface area contributed by atoms with Gasteiger partial charge in [-0.3, -0.25) is 0 Å². The lowest BCUT2D eigenvalue weighted by Gasteiger charge is -2.17. The maximum atomic E-state index is 11.9. The topological polar surface area (TPSA) is 46.2 Å². The molecule has 0 unspecified atom stereocenters. The van der Waals surface area contributed by atoms with Crippen LogP contribution >= 0.6 is 11.6 Å². The molecule has 0 atom stereocenters. The smallest absolute Gasteiger partial charge is 0.208 e. The first-order valence-electron chi connectivity index (χ1n) is 6.97. The van der Waals surface area contributed by atoms with Crippen molar-refractivity contribution in [1.82, 2.24) is 4.72 Å². The van der Waals surface area contributed by atoms with E-state index < -0.39 is 10.0 Å². The van der Waals surface area contributed by atoms with Gasteiger partial charge in [0.1, 0.15) is 0 Å². The molecule has 0 radical (unpaired) electrons. The second-order valence-electron chi connectivity index (χ2n) is 5.22. The normalized spacial score (nSPS) is 17.6. The van der Waals surface area contributed by atoms with Crippen LogP contribution in [0.3, 0.4) is 0 Å². The lowest BCUT2D eigenvalue weighted by Crippen LogP contribution is -2.21. The van der Waals surface area contributed by atoms with Gasteiger partial charge in [0.2, 0.25) is 10.0 Å². The minimum Gasteiger partial charge on any atom is -0.208 e. The molecule has 0 aromatic heterocycles. The molecule has 20 heavy (non-hydrogen) atoms. The van der Waals surface area contributed by atoms with Crippen molar-refractivity contribution in [2.24, 2.45) is 5.92 Å². The summed E-state index contributed by atoms with van der Waals surface area (Å²) < 4.78 is 26.4. The Labute approximate surface area is 126 Å². The van der Waals surface area contributed by atoms with Gasteiger partial charge in [-0.2, -0.15) is 0 Å². The zero-order valence-electron chi connectivity index (χ0n) is 11.4. The average molecular weight is 314 g/mol. The van der Waals surface area contributed by atoms with Crippen LogP contribution in [-0.4, -0.2) is 8.42 Å². The molecule has 0 amide bonds. The Morgan fingerprint density at radius 3 is 2.45 bits per heavy atom. The van der Waals surface area contributed by atoms with Gasteiger partial charge in [0, 0.05) is 17.0 Å². The van der Waals surface area contributed by atoms with Crippen LogP contribution in [0.1, 0.15) is 37.7 Å². The van der Waals surface area contributed by atoms with E-state index in [1.807, 2.05) is 18.2 Å². The highest BCUT2D eigenvalue weighted by atomic mass is 35.5. The monoisotopic (exact) mass is 313 g/mol. The third-order valence-corrected chi connectivity index (χ3v) is 4.88. The Hall–Kier alpha value is -0.840. The number of benzene rings is 1. The van der Waals surface area contributed by atoms with Crippen molar-refractivity contribution >= 4 is 21.6 Å². The summed E-state index contributed by atoms with van der Waals surface area (Å²) in [6.07, 6.45) is 7.71. The van der Waals surface area contributed by atoms with Gasteiger partial charge in [-0.15, -0.1) is 0 Å². The van der Waals surface area contributed by atoms with Crippen molar-refractivity contribution in [2.75, 3.05) is 0 Å². The van der Waals surface area contributed by atoms with Gasteiger partial charge < -0.3 is 0 Å². The second kappa shape index (κ2) is 7.25. The highest BCUT2D eigenvalue weighted by Gasteiger charge is 2.12. The minimum absolute atomic E-state index is 0.286. The Morgan fingerprint density at radius 2 is 1.80 bits per heavy atom. The molecule has 0 bridgehead atoms. The third-order valence-electron chi connectivity index (χ3n) is 3.57. The molecule has 1 aliphatic rings. The first-order chi connectivity index (χ1) is 9.55. The maximum absolute atomic E-state index is 11.9. The van der Waals surface area contributed by atoms with Crippen LogP contribution in [0, 0.1) is 5.92 Å². The molecular weight excluding hydrogens is 294 g/mol. The van der Waals surface area contributed by atoms with Crippen molar-refractivity contribution in [3.05, 3.63) is 46.3 Å². The summed E-state index contributed by atoms with van der Waals surface area (Å²) in [5, 5.41) is 1.97. The van der Waals surface area contributed by atoms with E-state index >= 15 is 0 Å². The number of hydrogen-bond donors (Lipinski definition) is 1. The standard InChI is InChI=1S/C15H20ClNO2S/c16-15-8-6-14(7-9-15)12-17-20(18,19)11-10-13-4-2-1-3-5-13/h6-11,13,17H,1-5,12H2/b11-10+. The molecule has 0 heterocycles. The highest BCUT2D eigenvalue weighted by Crippen LogP contribution is 2.24. The summed E-state index contributed by atoms with van der Waals surface area (Å²) in [6, 6.07) is 7.14. The SMILES string of the molecule is O=S(=O)(/C=C/C1CCCCC1)NCc1ccc(Cl)cc1. The van der Waals surface area contributed by atoms with E-state index in [1.54, 1.807) is 12.1 Å². The van der Waals surface area contributed by atoms with Crippen LogP contribution in [0.15, 0.2) is 35.7 Å². The molecule has 0 saturated heterocycles. The lowest BCUT2D eigenvalue weighted by molar-refractivity contribution is 0.419. The predicted molar refractivity (Wildman–Crippen MR) is 82.9 cm³/mol. The fraction of sp³-hybridized carbons (Fsp3) is 0.467. The highest BCUT2D eigenvalue weighted by molar-refractivity contribution is 7.92. The number of rotatable bonds is 5. The van der Waals surface area contributed by atoms with Crippen molar-refractivity contribution < 1.29 is 8.42 Å². The zero-order valence-corrected chi connectivity index (χ0v) is 13.0. The third kappa shape index (κ3) is 5.27. The first-order valence-corrected chi connectivity index (χ1v) is 8.90. The fourth-order valence-electron chi connectivity index (χ4n) is 2.38. The number of sulfonamides is 1. The molecule has 1 N–H and O–H groups in total. The average Bonchev–Trinajstić information content (AvgIpc) is 2.46. The molecule has 3 nitrogen and oxygen atoms in total. The molecule has 110 valence electrons. The number of halogens is 1. The van der Waals surface area contributed by atoms with Crippen LogP contribution in [0.5, 0.6) is 0 Å². The Bertz CT molecular complexity index is 546. The van der Waals surface area contributed by atoms with Gasteiger partial charge in [-0.25, -0.2) is 13.1 Å². The summed E-state index contributed by atoms with van der Waals surface area (Å²) in [7, 11) is -3.35. The van der Waals surface area contributed by atoms with Gasteiger partial charge in [0.25, 0.3) is 0 Å². The van der Waals surface area contributed by atoms with E-state index in [9.17, 15) is 8.42 Å².